The molecule has 24 heavy (non-hydrogen) atoms. The van der Waals surface area contributed by atoms with Crippen LogP contribution in [0.5, 0.6) is 0 Å². The predicted octanol–water partition coefficient (Wildman–Crippen LogP) is 2.23. The van der Waals surface area contributed by atoms with E-state index in [1.165, 1.54) is 57.2 Å². The number of rotatable bonds is 5. The molecule has 2 heterocycles. The first-order chi connectivity index (χ1) is 11.7. The molecule has 0 bridgehead atoms. The molecule has 134 valence electrons. The molecule has 4 rings (SSSR count). The van der Waals surface area contributed by atoms with Crippen LogP contribution < -0.4 is 5.32 Å². The molecule has 1 unspecified atom stereocenters. The molecule has 1 saturated heterocycles. The fraction of sp³-hybridized carbons (Fsp3) is 0.842. The highest BCUT2D eigenvalue weighted by molar-refractivity contribution is 5.14. The second-order valence-electron chi connectivity index (χ2n) is 8.23. The molecular formula is C19H32N4O. The Labute approximate surface area is 145 Å². The minimum atomic E-state index is -0.0971. The van der Waals surface area contributed by atoms with Crippen molar-refractivity contribution in [3.8, 4) is 0 Å². The normalized spacial score (nSPS) is 31.2. The summed E-state index contributed by atoms with van der Waals surface area (Å²) in [7, 11) is 1.98. The first-order valence-corrected chi connectivity index (χ1v) is 9.86. The largest absolute Gasteiger partial charge is 0.393 e. The molecule has 0 radical (unpaired) electrons. The van der Waals surface area contributed by atoms with Crippen LogP contribution in [0.4, 0.5) is 0 Å². The lowest BCUT2D eigenvalue weighted by Gasteiger charge is -2.42. The summed E-state index contributed by atoms with van der Waals surface area (Å²) >= 11 is 0. The summed E-state index contributed by atoms with van der Waals surface area (Å²) in [6, 6.07) is 1.82. The lowest BCUT2D eigenvalue weighted by atomic mass is 9.75. The van der Waals surface area contributed by atoms with Gasteiger partial charge in [0.2, 0.25) is 0 Å². The van der Waals surface area contributed by atoms with E-state index in [0.717, 1.165) is 18.9 Å². The van der Waals surface area contributed by atoms with Crippen LogP contribution >= 0.6 is 0 Å². The number of nitrogens with zero attached hydrogens (tertiary/aromatic N) is 3. The molecule has 5 heteroatoms. The Morgan fingerprint density at radius 1 is 1.17 bits per heavy atom. The van der Waals surface area contributed by atoms with Crippen LogP contribution in [0.2, 0.25) is 0 Å². The first kappa shape index (κ1) is 16.6. The summed E-state index contributed by atoms with van der Waals surface area (Å²) < 4.78 is 1.89. The van der Waals surface area contributed by atoms with Gasteiger partial charge in [-0.15, -0.1) is 0 Å². The second kappa shape index (κ2) is 7.14. The third-order valence-electron chi connectivity index (χ3n) is 6.49. The van der Waals surface area contributed by atoms with Gasteiger partial charge in [0.15, 0.2) is 0 Å². The maximum absolute atomic E-state index is 9.73. The van der Waals surface area contributed by atoms with E-state index in [-0.39, 0.29) is 6.10 Å². The van der Waals surface area contributed by atoms with Gasteiger partial charge < -0.3 is 15.3 Å². The zero-order valence-electron chi connectivity index (χ0n) is 14.9. The number of hydrogen-bond donors (Lipinski definition) is 2. The third kappa shape index (κ3) is 3.53. The van der Waals surface area contributed by atoms with Gasteiger partial charge in [-0.3, -0.25) is 4.68 Å². The number of aliphatic hydroxyl groups is 1. The van der Waals surface area contributed by atoms with Crippen LogP contribution in [0.15, 0.2) is 12.4 Å². The van der Waals surface area contributed by atoms with Crippen molar-refractivity contribution < 1.29 is 5.11 Å². The van der Waals surface area contributed by atoms with Crippen molar-refractivity contribution in [2.75, 3.05) is 13.1 Å². The smallest absolute Gasteiger partial charge is 0.0547 e. The maximum atomic E-state index is 9.73. The molecule has 1 aromatic rings. The highest BCUT2D eigenvalue weighted by Crippen LogP contribution is 2.39. The monoisotopic (exact) mass is 332 g/mol. The van der Waals surface area contributed by atoms with Gasteiger partial charge in [0.1, 0.15) is 0 Å². The van der Waals surface area contributed by atoms with Crippen LogP contribution in [-0.4, -0.2) is 51.1 Å². The lowest BCUT2D eigenvalue weighted by Crippen LogP contribution is -2.49. The van der Waals surface area contributed by atoms with Gasteiger partial charge in [0.05, 0.1) is 12.3 Å². The van der Waals surface area contributed by atoms with Crippen LogP contribution in [0.25, 0.3) is 0 Å². The summed E-state index contributed by atoms with van der Waals surface area (Å²) in [5.41, 5.74) is 1.28. The molecular weight excluding hydrogens is 300 g/mol. The van der Waals surface area contributed by atoms with Crippen molar-refractivity contribution in [2.45, 2.75) is 75.6 Å². The molecule has 1 atom stereocenters. The van der Waals surface area contributed by atoms with Gasteiger partial charge in [-0.25, -0.2) is 0 Å². The van der Waals surface area contributed by atoms with Gasteiger partial charge in [-0.05, 0) is 57.5 Å². The van der Waals surface area contributed by atoms with E-state index >= 15 is 0 Å². The summed E-state index contributed by atoms with van der Waals surface area (Å²) in [6.45, 7) is 2.49. The molecule has 1 aliphatic heterocycles. The Morgan fingerprint density at radius 2 is 1.88 bits per heavy atom. The van der Waals surface area contributed by atoms with E-state index in [4.69, 9.17) is 0 Å². The standard InChI is InChI=1S/C19H32N4O/c1-22-13-15(12-20-22)19(14-10-18(24)11-14)21-16-6-8-23(9-7-16)17-4-2-3-5-17/h12-14,16-19,21,24H,2-11H2,1H3. The van der Waals surface area contributed by atoms with Gasteiger partial charge >= 0.3 is 0 Å². The van der Waals surface area contributed by atoms with Crippen molar-refractivity contribution >= 4 is 0 Å². The average Bonchev–Trinajstić information content (AvgIpc) is 3.22. The van der Waals surface area contributed by atoms with E-state index in [1.54, 1.807) is 0 Å². The fourth-order valence-electron chi connectivity index (χ4n) is 4.96. The molecule has 0 spiro atoms. The Morgan fingerprint density at radius 3 is 2.46 bits per heavy atom. The fourth-order valence-corrected chi connectivity index (χ4v) is 4.96. The van der Waals surface area contributed by atoms with Crippen molar-refractivity contribution in [2.24, 2.45) is 13.0 Å². The number of likely N-dealkylation sites (tertiary alicyclic amines) is 1. The molecule has 2 saturated carbocycles. The van der Waals surface area contributed by atoms with Crippen LogP contribution in [0, 0.1) is 5.92 Å². The number of nitrogens with one attached hydrogen (secondary N) is 1. The minimum absolute atomic E-state index is 0.0971. The Balaban J connectivity index is 1.35. The molecule has 2 N–H and O–H groups in total. The molecule has 3 aliphatic rings. The van der Waals surface area contributed by atoms with E-state index in [9.17, 15) is 5.11 Å². The molecule has 2 aliphatic carbocycles. The van der Waals surface area contributed by atoms with Gasteiger partial charge in [0, 0.05) is 36.9 Å². The highest BCUT2D eigenvalue weighted by Gasteiger charge is 2.37. The van der Waals surface area contributed by atoms with E-state index in [1.807, 2.05) is 17.9 Å². The van der Waals surface area contributed by atoms with E-state index in [2.05, 4.69) is 21.5 Å². The van der Waals surface area contributed by atoms with Crippen molar-refractivity contribution in [1.82, 2.24) is 20.0 Å². The van der Waals surface area contributed by atoms with Crippen molar-refractivity contribution in [3.05, 3.63) is 18.0 Å². The quantitative estimate of drug-likeness (QED) is 0.868. The summed E-state index contributed by atoms with van der Waals surface area (Å²) in [5.74, 6) is 0.553. The lowest BCUT2D eigenvalue weighted by molar-refractivity contribution is 0.0190. The van der Waals surface area contributed by atoms with Gasteiger partial charge in [0.25, 0.3) is 0 Å². The number of piperidine rings is 1. The topological polar surface area (TPSA) is 53.3 Å². The SMILES string of the molecule is Cn1cc(C(NC2CCN(C3CCCC3)CC2)C2CC(O)C2)cn1. The zero-order valence-corrected chi connectivity index (χ0v) is 14.9. The van der Waals surface area contributed by atoms with Crippen molar-refractivity contribution in [3.63, 3.8) is 0 Å². The van der Waals surface area contributed by atoms with E-state index in [0.29, 0.717) is 18.0 Å². The Hall–Kier alpha value is -0.910. The van der Waals surface area contributed by atoms with Gasteiger partial charge in [-0.2, -0.15) is 5.10 Å². The maximum Gasteiger partial charge on any atom is 0.0547 e. The average molecular weight is 332 g/mol. The zero-order chi connectivity index (χ0) is 16.5. The third-order valence-corrected chi connectivity index (χ3v) is 6.49. The molecule has 3 fully saturated rings. The molecule has 0 amide bonds. The molecule has 5 nitrogen and oxygen atoms in total. The summed E-state index contributed by atoms with van der Waals surface area (Å²) in [5, 5.41) is 18.0. The van der Waals surface area contributed by atoms with Crippen LogP contribution in [0.3, 0.4) is 0 Å². The Kier molecular flexibility index (Phi) is 4.93. The summed E-state index contributed by atoms with van der Waals surface area (Å²) in [4.78, 5) is 2.73. The first-order valence-electron chi connectivity index (χ1n) is 9.86. The highest BCUT2D eigenvalue weighted by atomic mass is 16.3. The molecule has 1 aromatic heterocycles. The second-order valence-corrected chi connectivity index (χ2v) is 8.23. The minimum Gasteiger partial charge on any atom is -0.393 e. The van der Waals surface area contributed by atoms with E-state index < -0.39 is 0 Å². The number of aromatic nitrogens is 2. The molecule has 0 aromatic carbocycles. The number of aliphatic hydroxyl groups excluding tert-OH is 1. The predicted molar refractivity (Wildman–Crippen MR) is 94.7 cm³/mol. The van der Waals surface area contributed by atoms with Crippen molar-refractivity contribution in [1.29, 1.82) is 0 Å². The number of hydrogen-bond acceptors (Lipinski definition) is 4. The van der Waals surface area contributed by atoms with Crippen LogP contribution in [0.1, 0.15) is 63.0 Å². The Bertz CT molecular complexity index is 525. The van der Waals surface area contributed by atoms with Gasteiger partial charge in [-0.1, -0.05) is 12.8 Å². The summed E-state index contributed by atoms with van der Waals surface area (Å²) in [6.07, 6.45) is 14.1. The number of aryl methyl sites for hydroxylation is 1. The van der Waals surface area contributed by atoms with Crippen LogP contribution in [-0.2, 0) is 7.05 Å².